The van der Waals surface area contributed by atoms with Gasteiger partial charge < -0.3 is 9.64 Å². The van der Waals surface area contributed by atoms with Crippen molar-refractivity contribution in [2.45, 2.75) is 19.9 Å². The van der Waals surface area contributed by atoms with Gasteiger partial charge in [-0.3, -0.25) is 4.90 Å². The van der Waals surface area contributed by atoms with Gasteiger partial charge in [0.2, 0.25) is 5.95 Å². The van der Waals surface area contributed by atoms with E-state index >= 15 is 0 Å². The van der Waals surface area contributed by atoms with Crippen molar-refractivity contribution in [1.29, 1.82) is 0 Å². The van der Waals surface area contributed by atoms with Gasteiger partial charge in [0.25, 0.3) is 0 Å². The zero-order valence-corrected chi connectivity index (χ0v) is 14.8. The molecule has 2 aromatic rings. The number of anilines is 1. The van der Waals surface area contributed by atoms with E-state index in [0.717, 1.165) is 63.9 Å². The van der Waals surface area contributed by atoms with E-state index < -0.39 is 0 Å². The van der Waals surface area contributed by atoms with Gasteiger partial charge in [0, 0.05) is 49.0 Å². The number of hydrogen-bond donors (Lipinski definition) is 0. The second-order valence-electron chi connectivity index (χ2n) is 6.92. The Bertz CT molecular complexity index is 662. The maximum Gasteiger partial charge on any atom is 0.225 e. The number of aryl methyl sites for hydroxylation is 1. The first-order valence-electron chi connectivity index (χ1n) is 8.45. The van der Waals surface area contributed by atoms with Gasteiger partial charge in [-0.1, -0.05) is 0 Å². The molecular formula is C17H23N5OS. The second-order valence-corrected chi connectivity index (χ2v) is 7.90. The Hall–Kier alpha value is -1.57. The number of nitrogens with zero attached hydrogens (tertiary/aromatic N) is 5. The van der Waals surface area contributed by atoms with Gasteiger partial charge in [-0.25, -0.2) is 15.0 Å². The minimum atomic E-state index is 0.169. The molecule has 1 unspecified atom stereocenters. The van der Waals surface area contributed by atoms with Gasteiger partial charge >= 0.3 is 0 Å². The standard InChI is InChI=1S/C17H23N5OS/c1-14-8-19-16(20-9-14)22-5-6-23-13-17(12-22)2-4-21(11-17)10-15-18-3-7-24-15/h3,7-9H,2,4-6,10-13H2,1H3. The molecule has 24 heavy (non-hydrogen) atoms. The van der Waals surface area contributed by atoms with Crippen LogP contribution >= 0.6 is 11.3 Å². The van der Waals surface area contributed by atoms with Gasteiger partial charge in [0.15, 0.2) is 0 Å². The number of thiazole rings is 1. The van der Waals surface area contributed by atoms with E-state index in [1.54, 1.807) is 11.3 Å². The van der Waals surface area contributed by atoms with Gasteiger partial charge in [-0.2, -0.15) is 0 Å². The highest BCUT2D eigenvalue weighted by Crippen LogP contribution is 2.35. The second kappa shape index (κ2) is 6.74. The number of likely N-dealkylation sites (tertiary alicyclic amines) is 1. The highest BCUT2D eigenvalue weighted by Gasteiger charge is 2.41. The Labute approximate surface area is 146 Å². The molecule has 2 aliphatic heterocycles. The average Bonchev–Trinajstić information content (AvgIpc) is 3.17. The third kappa shape index (κ3) is 3.43. The maximum absolute atomic E-state index is 5.95. The lowest BCUT2D eigenvalue weighted by Crippen LogP contribution is -2.41. The van der Waals surface area contributed by atoms with Crippen molar-refractivity contribution in [3.8, 4) is 0 Å². The van der Waals surface area contributed by atoms with Crippen LogP contribution in [0.4, 0.5) is 5.95 Å². The first-order chi connectivity index (χ1) is 11.7. The maximum atomic E-state index is 5.95. The SMILES string of the molecule is Cc1cnc(N2CCOCC3(CCN(Cc4nccs4)C3)C2)nc1. The fourth-order valence-corrected chi connectivity index (χ4v) is 4.30. The van der Waals surface area contributed by atoms with Crippen LogP contribution in [0.15, 0.2) is 24.0 Å². The van der Waals surface area contributed by atoms with Crippen LogP contribution in [0, 0.1) is 12.3 Å². The molecule has 0 N–H and O–H groups in total. The molecule has 0 radical (unpaired) electrons. The normalized spacial score (nSPS) is 25.3. The quantitative estimate of drug-likeness (QED) is 0.848. The highest BCUT2D eigenvalue weighted by atomic mass is 32.1. The summed E-state index contributed by atoms with van der Waals surface area (Å²) in [5.74, 6) is 0.823. The average molecular weight is 345 g/mol. The van der Waals surface area contributed by atoms with Gasteiger partial charge in [-0.15, -0.1) is 11.3 Å². The molecule has 0 bridgehead atoms. The molecule has 7 heteroatoms. The van der Waals surface area contributed by atoms with Gasteiger partial charge in [0.1, 0.15) is 5.01 Å². The number of ether oxygens (including phenoxy) is 1. The lowest BCUT2D eigenvalue weighted by molar-refractivity contribution is 0.0730. The molecule has 0 saturated carbocycles. The fraction of sp³-hybridized carbons (Fsp3) is 0.588. The molecule has 4 rings (SSSR count). The predicted octanol–water partition coefficient (Wildman–Crippen LogP) is 1.97. The third-order valence-electron chi connectivity index (χ3n) is 4.85. The number of aromatic nitrogens is 3. The van der Waals surface area contributed by atoms with E-state index in [1.165, 1.54) is 5.01 Å². The topological polar surface area (TPSA) is 54.4 Å². The van der Waals surface area contributed by atoms with E-state index in [2.05, 4.69) is 24.8 Å². The van der Waals surface area contributed by atoms with Crippen molar-refractivity contribution in [2.24, 2.45) is 5.41 Å². The molecule has 0 aromatic carbocycles. The number of hydrogen-bond acceptors (Lipinski definition) is 7. The van der Waals surface area contributed by atoms with Gasteiger partial charge in [-0.05, 0) is 25.5 Å². The summed E-state index contributed by atoms with van der Waals surface area (Å²) in [6, 6.07) is 0. The number of rotatable bonds is 3. The summed E-state index contributed by atoms with van der Waals surface area (Å²) >= 11 is 1.73. The minimum absolute atomic E-state index is 0.169. The summed E-state index contributed by atoms with van der Waals surface area (Å²) in [7, 11) is 0. The molecule has 2 fully saturated rings. The summed E-state index contributed by atoms with van der Waals surface area (Å²) in [6.07, 6.45) is 6.83. The van der Waals surface area contributed by atoms with Crippen molar-refractivity contribution < 1.29 is 4.74 Å². The smallest absolute Gasteiger partial charge is 0.225 e. The van der Waals surface area contributed by atoms with Crippen LogP contribution in [0.2, 0.25) is 0 Å². The molecule has 1 spiro atoms. The molecule has 0 aliphatic carbocycles. The van der Waals surface area contributed by atoms with Crippen LogP contribution in [-0.2, 0) is 11.3 Å². The van der Waals surface area contributed by atoms with E-state index in [0.29, 0.717) is 0 Å². The Kier molecular flexibility index (Phi) is 4.47. The predicted molar refractivity (Wildman–Crippen MR) is 94.2 cm³/mol. The molecule has 6 nitrogen and oxygen atoms in total. The molecule has 128 valence electrons. The van der Waals surface area contributed by atoms with Crippen LogP contribution in [-0.4, -0.2) is 59.2 Å². The van der Waals surface area contributed by atoms with Crippen LogP contribution in [0.1, 0.15) is 17.0 Å². The largest absolute Gasteiger partial charge is 0.379 e. The van der Waals surface area contributed by atoms with Crippen LogP contribution in [0.25, 0.3) is 0 Å². The summed E-state index contributed by atoms with van der Waals surface area (Å²) in [5, 5.41) is 3.24. The Morgan fingerprint density at radius 1 is 1.21 bits per heavy atom. The van der Waals surface area contributed by atoms with Crippen molar-refractivity contribution in [1.82, 2.24) is 19.9 Å². The van der Waals surface area contributed by atoms with Crippen LogP contribution < -0.4 is 4.90 Å². The Morgan fingerprint density at radius 3 is 2.88 bits per heavy atom. The zero-order chi connectivity index (χ0) is 16.4. The minimum Gasteiger partial charge on any atom is -0.379 e. The highest BCUT2D eigenvalue weighted by molar-refractivity contribution is 7.09. The summed E-state index contributed by atoms with van der Waals surface area (Å²) in [6.45, 7) is 8.50. The summed E-state index contributed by atoms with van der Waals surface area (Å²) < 4.78 is 5.95. The lowest BCUT2D eigenvalue weighted by Gasteiger charge is -2.31. The first kappa shape index (κ1) is 15.9. The molecule has 0 amide bonds. The summed E-state index contributed by atoms with van der Waals surface area (Å²) in [4.78, 5) is 18.2. The van der Waals surface area contributed by atoms with Crippen molar-refractivity contribution in [3.63, 3.8) is 0 Å². The molecule has 2 saturated heterocycles. The summed E-state index contributed by atoms with van der Waals surface area (Å²) in [5.41, 5.74) is 1.26. The van der Waals surface area contributed by atoms with Gasteiger partial charge in [0.05, 0.1) is 19.8 Å². The monoisotopic (exact) mass is 345 g/mol. The molecule has 2 aromatic heterocycles. The van der Waals surface area contributed by atoms with E-state index in [-0.39, 0.29) is 5.41 Å². The molecule has 1 atom stereocenters. The van der Waals surface area contributed by atoms with E-state index in [9.17, 15) is 0 Å². The molecule has 2 aliphatic rings. The van der Waals surface area contributed by atoms with E-state index in [1.807, 2.05) is 30.9 Å². The van der Waals surface area contributed by atoms with E-state index in [4.69, 9.17) is 4.74 Å². The Balaban J connectivity index is 1.47. The fourth-order valence-electron chi connectivity index (χ4n) is 3.64. The molecule has 4 heterocycles. The van der Waals surface area contributed by atoms with Crippen LogP contribution in [0.3, 0.4) is 0 Å². The van der Waals surface area contributed by atoms with Crippen LogP contribution in [0.5, 0.6) is 0 Å². The third-order valence-corrected chi connectivity index (χ3v) is 5.61. The Morgan fingerprint density at radius 2 is 2.08 bits per heavy atom. The van der Waals surface area contributed by atoms with Crippen molar-refractivity contribution in [3.05, 3.63) is 34.5 Å². The first-order valence-corrected chi connectivity index (χ1v) is 9.33. The van der Waals surface area contributed by atoms with Crippen molar-refractivity contribution >= 4 is 17.3 Å². The van der Waals surface area contributed by atoms with Crippen molar-refractivity contribution in [2.75, 3.05) is 44.3 Å². The molecular weight excluding hydrogens is 322 g/mol. The zero-order valence-electron chi connectivity index (χ0n) is 14.0. The lowest BCUT2D eigenvalue weighted by atomic mass is 9.87.